The molecule has 7 heteroatoms. The summed E-state index contributed by atoms with van der Waals surface area (Å²) in [5.41, 5.74) is 0. The van der Waals surface area contributed by atoms with Gasteiger partial charge in [-0.15, -0.1) is 18.3 Å². The van der Waals surface area contributed by atoms with Crippen LogP contribution in [0.2, 0.25) is 0 Å². The quantitative estimate of drug-likeness (QED) is 0.336. The minimum absolute atomic E-state index is 0. The number of hydrogen-bond donors (Lipinski definition) is 0. The standard InChI is InChI=1S/C13H16N2O3S.Na/c1-2-8-15-12(17)10(11(16)14-13(15)18)19-9-6-4-3-5-7-9;/h2,6,10H,1,3-5,7-8H2,(H,14,16,18);/q;+1/p-1. The van der Waals surface area contributed by atoms with Crippen molar-refractivity contribution in [1.29, 1.82) is 0 Å². The molecule has 0 saturated heterocycles. The third kappa shape index (κ3) is 3.97. The number of thioether (sulfide) groups is 1. The van der Waals surface area contributed by atoms with Crippen molar-refractivity contribution in [3.63, 3.8) is 0 Å². The second kappa shape index (κ2) is 8.02. The molecule has 2 rings (SSSR count). The van der Waals surface area contributed by atoms with Gasteiger partial charge in [-0.1, -0.05) is 12.2 Å². The molecule has 0 saturated carbocycles. The molecule has 0 bridgehead atoms. The van der Waals surface area contributed by atoms with E-state index in [1.165, 1.54) is 17.8 Å². The minimum atomic E-state index is -0.915. The minimum Gasteiger partial charge on any atom is -0.846 e. The van der Waals surface area contributed by atoms with Gasteiger partial charge in [0.05, 0.1) is 6.02 Å². The summed E-state index contributed by atoms with van der Waals surface area (Å²) in [7, 11) is 0. The van der Waals surface area contributed by atoms with Crippen molar-refractivity contribution in [2.75, 3.05) is 6.54 Å². The van der Waals surface area contributed by atoms with E-state index in [-0.39, 0.29) is 36.1 Å². The van der Waals surface area contributed by atoms with Crippen molar-refractivity contribution < 1.29 is 44.3 Å². The zero-order valence-corrected chi connectivity index (χ0v) is 14.3. The van der Waals surface area contributed by atoms with Gasteiger partial charge in [0.1, 0.15) is 0 Å². The first kappa shape index (κ1) is 17.5. The number of carbonyl (C=O) groups excluding carboxylic acids is 2. The van der Waals surface area contributed by atoms with Crippen LogP contribution in [0.15, 0.2) is 28.6 Å². The molecule has 0 aromatic carbocycles. The van der Waals surface area contributed by atoms with E-state index in [1.807, 2.05) is 0 Å². The van der Waals surface area contributed by atoms with Crippen molar-refractivity contribution in [1.82, 2.24) is 4.90 Å². The van der Waals surface area contributed by atoms with Crippen LogP contribution in [0.5, 0.6) is 0 Å². The topological polar surface area (TPSA) is 72.8 Å². The van der Waals surface area contributed by atoms with Crippen LogP contribution in [0.1, 0.15) is 25.7 Å². The van der Waals surface area contributed by atoms with Gasteiger partial charge in [0.15, 0.2) is 5.25 Å². The number of nitrogens with zero attached hydrogens (tertiary/aromatic N) is 2. The zero-order valence-electron chi connectivity index (χ0n) is 11.5. The van der Waals surface area contributed by atoms with Crippen LogP contribution >= 0.6 is 11.8 Å². The molecule has 0 spiro atoms. The van der Waals surface area contributed by atoms with Gasteiger partial charge in [-0.05, 0) is 30.6 Å². The predicted molar refractivity (Wildman–Crippen MR) is 72.3 cm³/mol. The molecular weight excluding hydrogens is 287 g/mol. The van der Waals surface area contributed by atoms with Gasteiger partial charge in [0, 0.05) is 6.54 Å². The molecule has 1 heterocycles. The van der Waals surface area contributed by atoms with Gasteiger partial charge in [0.25, 0.3) is 11.8 Å². The van der Waals surface area contributed by atoms with Gasteiger partial charge < -0.3 is 10.0 Å². The van der Waals surface area contributed by atoms with Gasteiger partial charge in [-0.2, -0.15) is 0 Å². The fourth-order valence-electron chi connectivity index (χ4n) is 2.02. The number of amidine groups is 1. The fraction of sp³-hybridized carbons (Fsp3) is 0.462. The summed E-state index contributed by atoms with van der Waals surface area (Å²) in [6.45, 7) is 3.58. The number of amides is 2. The Morgan fingerprint density at radius 2 is 2.25 bits per heavy atom. The molecule has 1 atom stereocenters. The first-order valence-corrected chi connectivity index (χ1v) is 7.09. The summed E-state index contributed by atoms with van der Waals surface area (Å²) in [6, 6.07) is -0.788. The number of rotatable bonds is 4. The number of carbonyl (C=O) groups is 2. The van der Waals surface area contributed by atoms with Crippen LogP contribution in [-0.4, -0.2) is 34.5 Å². The van der Waals surface area contributed by atoms with Crippen molar-refractivity contribution in [3.8, 4) is 0 Å². The monoisotopic (exact) mass is 302 g/mol. The summed E-state index contributed by atoms with van der Waals surface area (Å²) in [5, 5.41) is 10.6. The molecule has 0 radical (unpaired) electrons. The Labute approximate surface area is 144 Å². The Morgan fingerprint density at radius 3 is 2.85 bits per heavy atom. The number of allylic oxidation sites excluding steroid dienone is 2. The fourth-order valence-corrected chi connectivity index (χ4v) is 3.18. The Hall–Kier alpha value is -0.560. The molecular formula is C13H15N2NaO3S. The molecule has 0 N–H and O–H groups in total. The van der Waals surface area contributed by atoms with Crippen LogP contribution in [0.25, 0.3) is 0 Å². The van der Waals surface area contributed by atoms with E-state index in [4.69, 9.17) is 0 Å². The van der Waals surface area contributed by atoms with Gasteiger partial charge >= 0.3 is 29.6 Å². The van der Waals surface area contributed by atoms with E-state index in [0.29, 0.717) is 0 Å². The van der Waals surface area contributed by atoms with Crippen LogP contribution in [-0.2, 0) is 9.59 Å². The first-order valence-electron chi connectivity index (χ1n) is 6.21. The molecule has 1 aliphatic carbocycles. The molecule has 0 aromatic rings. The van der Waals surface area contributed by atoms with Gasteiger partial charge in [-0.25, -0.2) is 4.99 Å². The van der Waals surface area contributed by atoms with E-state index in [0.717, 1.165) is 35.5 Å². The molecule has 2 aliphatic rings. The zero-order chi connectivity index (χ0) is 13.8. The average molecular weight is 302 g/mol. The molecule has 1 unspecified atom stereocenters. The Morgan fingerprint density at radius 1 is 1.50 bits per heavy atom. The summed E-state index contributed by atoms with van der Waals surface area (Å²) in [4.78, 5) is 29.3. The van der Waals surface area contributed by atoms with E-state index in [9.17, 15) is 14.7 Å². The summed E-state index contributed by atoms with van der Waals surface area (Å²) >= 11 is 1.23. The predicted octanol–water partition coefficient (Wildman–Crippen LogP) is -2.18. The van der Waals surface area contributed by atoms with E-state index >= 15 is 0 Å². The Kier molecular flexibility index (Phi) is 7.02. The van der Waals surface area contributed by atoms with Gasteiger partial charge in [-0.3, -0.25) is 9.59 Å². The van der Waals surface area contributed by atoms with Crippen LogP contribution < -0.4 is 34.7 Å². The van der Waals surface area contributed by atoms with Crippen LogP contribution in [0.3, 0.4) is 0 Å². The van der Waals surface area contributed by atoms with Crippen molar-refractivity contribution in [2.45, 2.75) is 30.9 Å². The summed E-state index contributed by atoms with van der Waals surface area (Å²) in [6.07, 6.45) is 7.58. The van der Waals surface area contributed by atoms with Crippen LogP contribution in [0.4, 0.5) is 0 Å². The maximum absolute atomic E-state index is 12.1. The van der Waals surface area contributed by atoms with E-state index in [2.05, 4.69) is 17.6 Å². The van der Waals surface area contributed by atoms with Gasteiger partial charge in [0.2, 0.25) is 0 Å². The first-order chi connectivity index (χ1) is 9.13. The Balaban J connectivity index is 0.00000200. The molecule has 5 nitrogen and oxygen atoms in total. The van der Waals surface area contributed by atoms with Crippen molar-refractivity contribution in [2.24, 2.45) is 4.99 Å². The second-order valence-corrected chi connectivity index (χ2v) is 5.62. The van der Waals surface area contributed by atoms with E-state index in [1.54, 1.807) is 0 Å². The average Bonchev–Trinajstić information content (AvgIpc) is 2.41. The Bertz CT molecular complexity index is 476. The third-order valence-electron chi connectivity index (χ3n) is 2.98. The maximum Gasteiger partial charge on any atom is 1.00 e. The van der Waals surface area contributed by atoms with Crippen molar-refractivity contribution >= 4 is 29.6 Å². The molecule has 1 aliphatic heterocycles. The normalized spacial score (nSPS) is 22.8. The van der Waals surface area contributed by atoms with Crippen LogP contribution in [0, 0.1) is 0 Å². The SMILES string of the molecule is C=CCN1C(=O)C(SC2=CCCCC2)C(=O)N=C1[O-].[Na+]. The van der Waals surface area contributed by atoms with E-state index < -0.39 is 23.1 Å². The smallest absolute Gasteiger partial charge is 0.846 e. The second-order valence-electron chi connectivity index (χ2n) is 4.38. The maximum atomic E-state index is 12.1. The molecule has 2 amide bonds. The molecule has 102 valence electrons. The third-order valence-corrected chi connectivity index (χ3v) is 4.29. The number of aliphatic imine (C=N–C) groups is 1. The molecule has 0 aromatic heterocycles. The number of hydrogen-bond acceptors (Lipinski definition) is 4. The molecule has 20 heavy (non-hydrogen) atoms. The molecule has 0 fully saturated rings. The summed E-state index contributed by atoms with van der Waals surface area (Å²) < 4.78 is 0. The van der Waals surface area contributed by atoms with Crippen molar-refractivity contribution in [3.05, 3.63) is 23.6 Å². The largest absolute Gasteiger partial charge is 1.00 e. The summed E-state index contributed by atoms with van der Waals surface area (Å²) in [5.74, 6) is -1.13.